The molecule has 2 rings (SSSR count). The highest BCUT2D eigenvalue weighted by molar-refractivity contribution is 5.75. The van der Waals surface area contributed by atoms with Crippen molar-refractivity contribution in [2.75, 3.05) is 45.8 Å². The monoisotopic (exact) mass is 285 g/mol. The molecule has 7 heteroatoms. The third kappa shape index (κ3) is 3.83. The lowest BCUT2D eigenvalue weighted by molar-refractivity contribution is -0.138. The second-order valence-corrected chi connectivity index (χ2v) is 5.96. The molecule has 0 aromatic carbocycles. The van der Waals surface area contributed by atoms with Gasteiger partial charge in [-0.25, -0.2) is 4.79 Å². The van der Waals surface area contributed by atoms with Crippen molar-refractivity contribution in [1.82, 2.24) is 14.7 Å². The number of β-amino-alcohol motifs (C(OH)–C–C–N with tert-alkyl or cyclic N) is 1. The zero-order valence-electron chi connectivity index (χ0n) is 11.9. The van der Waals surface area contributed by atoms with Gasteiger partial charge in [-0.15, -0.1) is 0 Å². The molecule has 0 saturated carbocycles. The standard InChI is InChI=1S/C13H23N3O4/c1-13(20)3-6-16(10-13)12(19)15-5-2-4-14(7-8-15)9-11(17)18/h20H,2-10H2,1H3,(H,17,18). The molecule has 114 valence electrons. The van der Waals surface area contributed by atoms with Crippen LogP contribution < -0.4 is 0 Å². The van der Waals surface area contributed by atoms with Crippen LogP contribution in [-0.4, -0.2) is 88.3 Å². The van der Waals surface area contributed by atoms with E-state index in [0.717, 1.165) is 6.42 Å². The summed E-state index contributed by atoms with van der Waals surface area (Å²) >= 11 is 0. The van der Waals surface area contributed by atoms with E-state index in [1.165, 1.54) is 0 Å². The summed E-state index contributed by atoms with van der Waals surface area (Å²) in [6.45, 7) is 5.22. The maximum absolute atomic E-state index is 12.4. The molecule has 2 fully saturated rings. The van der Waals surface area contributed by atoms with E-state index in [0.29, 0.717) is 45.7 Å². The number of likely N-dealkylation sites (tertiary alicyclic amines) is 1. The molecule has 7 nitrogen and oxygen atoms in total. The SMILES string of the molecule is CC1(O)CCN(C(=O)N2CCCN(CC(=O)O)CC2)C1. The molecular weight excluding hydrogens is 262 g/mol. The zero-order chi connectivity index (χ0) is 14.8. The minimum absolute atomic E-state index is 0.0282. The van der Waals surface area contributed by atoms with E-state index in [9.17, 15) is 14.7 Å². The van der Waals surface area contributed by atoms with Crippen molar-refractivity contribution in [3.63, 3.8) is 0 Å². The minimum Gasteiger partial charge on any atom is -0.480 e. The highest BCUT2D eigenvalue weighted by Crippen LogP contribution is 2.21. The molecule has 20 heavy (non-hydrogen) atoms. The maximum Gasteiger partial charge on any atom is 0.320 e. The van der Waals surface area contributed by atoms with E-state index < -0.39 is 11.6 Å². The van der Waals surface area contributed by atoms with Crippen molar-refractivity contribution < 1.29 is 19.8 Å². The molecule has 0 bridgehead atoms. The van der Waals surface area contributed by atoms with Gasteiger partial charge in [-0.1, -0.05) is 0 Å². The van der Waals surface area contributed by atoms with Crippen molar-refractivity contribution in [3.05, 3.63) is 0 Å². The van der Waals surface area contributed by atoms with Crippen molar-refractivity contribution in [2.45, 2.75) is 25.4 Å². The third-order valence-corrected chi connectivity index (χ3v) is 3.94. The fourth-order valence-corrected chi connectivity index (χ4v) is 2.82. The lowest BCUT2D eigenvalue weighted by Crippen LogP contribution is -2.45. The number of aliphatic hydroxyl groups is 1. The fourth-order valence-electron chi connectivity index (χ4n) is 2.82. The number of amides is 2. The Hall–Kier alpha value is -1.34. The number of urea groups is 1. The molecule has 0 aliphatic carbocycles. The summed E-state index contributed by atoms with van der Waals surface area (Å²) in [5, 5.41) is 18.7. The van der Waals surface area contributed by atoms with E-state index >= 15 is 0 Å². The topological polar surface area (TPSA) is 84.3 Å². The normalized spacial score (nSPS) is 28.5. The van der Waals surface area contributed by atoms with Gasteiger partial charge in [0.25, 0.3) is 0 Å². The second-order valence-electron chi connectivity index (χ2n) is 5.96. The first-order valence-electron chi connectivity index (χ1n) is 7.08. The first-order chi connectivity index (χ1) is 9.37. The number of hydrogen-bond acceptors (Lipinski definition) is 4. The van der Waals surface area contributed by atoms with E-state index in [1.54, 1.807) is 16.7 Å². The fraction of sp³-hybridized carbons (Fsp3) is 0.846. The molecule has 2 saturated heterocycles. The first kappa shape index (κ1) is 15.1. The average molecular weight is 285 g/mol. The lowest BCUT2D eigenvalue weighted by Gasteiger charge is -2.27. The van der Waals surface area contributed by atoms with Gasteiger partial charge >= 0.3 is 12.0 Å². The van der Waals surface area contributed by atoms with Gasteiger partial charge < -0.3 is 20.0 Å². The van der Waals surface area contributed by atoms with Crippen LogP contribution in [0.15, 0.2) is 0 Å². The molecule has 0 aromatic heterocycles. The van der Waals surface area contributed by atoms with Gasteiger partial charge in [0.2, 0.25) is 0 Å². The molecule has 1 unspecified atom stereocenters. The average Bonchev–Trinajstić information content (AvgIpc) is 2.58. The van der Waals surface area contributed by atoms with Gasteiger partial charge in [0.1, 0.15) is 0 Å². The van der Waals surface area contributed by atoms with Crippen molar-refractivity contribution in [2.24, 2.45) is 0 Å². The van der Waals surface area contributed by atoms with Gasteiger partial charge in [-0.3, -0.25) is 9.69 Å². The van der Waals surface area contributed by atoms with Crippen molar-refractivity contribution in [3.8, 4) is 0 Å². The number of carboxylic acids is 1. The molecular formula is C13H23N3O4. The van der Waals surface area contributed by atoms with Crippen LogP contribution in [0.2, 0.25) is 0 Å². The Labute approximate surface area is 118 Å². The summed E-state index contributed by atoms with van der Waals surface area (Å²) in [5.74, 6) is -0.833. The van der Waals surface area contributed by atoms with Crippen LogP contribution in [0.4, 0.5) is 4.79 Å². The Morgan fingerprint density at radius 3 is 2.45 bits per heavy atom. The number of aliphatic carboxylic acids is 1. The third-order valence-electron chi connectivity index (χ3n) is 3.94. The number of carbonyl (C=O) groups is 2. The highest BCUT2D eigenvalue weighted by Gasteiger charge is 2.36. The summed E-state index contributed by atoms with van der Waals surface area (Å²) in [4.78, 5) is 28.4. The molecule has 2 amide bonds. The first-order valence-corrected chi connectivity index (χ1v) is 7.08. The predicted octanol–water partition coefficient (Wildman–Crippen LogP) is -0.345. The van der Waals surface area contributed by atoms with Gasteiger partial charge in [-0.2, -0.15) is 0 Å². The Morgan fingerprint density at radius 1 is 1.10 bits per heavy atom. The Morgan fingerprint density at radius 2 is 1.85 bits per heavy atom. The lowest BCUT2D eigenvalue weighted by atomic mass is 10.1. The van der Waals surface area contributed by atoms with Crippen LogP contribution in [0.25, 0.3) is 0 Å². The molecule has 1 atom stereocenters. The predicted molar refractivity (Wildman–Crippen MR) is 72.5 cm³/mol. The Balaban J connectivity index is 1.87. The van der Waals surface area contributed by atoms with Crippen LogP contribution >= 0.6 is 0 Å². The van der Waals surface area contributed by atoms with Crippen LogP contribution in [0, 0.1) is 0 Å². The van der Waals surface area contributed by atoms with E-state index in [-0.39, 0.29) is 12.6 Å². The molecule has 2 N–H and O–H groups in total. The van der Waals surface area contributed by atoms with Crippen LogP contribution in [0.3, 0.4) is 0 Å². The number of rotatable bonds is 2. The van der Waals surface area contributed by atoms with Gasteiger partial charge in [0.15, 0.2) is 0 Å². The highest BCUT2D eigenvalue weighted by atomic mass is 16.4. The van der Waals surface area contributed by atoms with E-state index in [4.69, 9.17) is 5.11 Å². The summed E-state index contributed by atoms with van der Waals surface area (Å²) in [6.07, 6.45) is 1.39. The summed E-state index contributed by atoms with van der Waals surface area (Å²) < 4.78 is 0. The number of carbonyl (C=O) groups excluding carboxylic acids is 1. The van der Waals surface area contributed by atoms with Gasteiger partial charge in [0.05, 0.1) is 18.7 Å². The van der Waals surface area contributed by atoms with Gasteiger partial charge in [-0.05, 0) is 19.8 Å². The van der Waals surface area contributed by atoms with Gasteiger partial charge in [0, 0.05) is 32.7 Å². The molecule has 0 spiro atoms. The number of nitrogens with zero attached hydrogens (tertiary/aromatic N) is 3. The van der Waals surface area contributed by atoms with Crippen molar-refractivity contribution in [1.29, 1.82) is 0 Å². The molecule has 2 aliphatic heterocycles. The molecule has 2 heterocycles. The zero-order valence-corrected chi connectivity index (χ0v) is 11.9. The summed E-state index contributed by atoms with van der Waals surface area (Å²) in [5.41, 5.74) is -0.781. The quantitative estimate of drug-likeness (QED) is 0.725. The number of carboxylic acid groups (broad SMARTS) is 1. The van der Waals surface area contributed by atoms with Crippen LogP contribution in [-0.2, 0) is 4.79 Å². The Bertz CT molecular complexity index is 386. The largest absolute Gasteiger partial charge is 0.480 e. The number of hydrogen-bond donors (Lipinski definition) is 2. The van der Waals surface area contributed by atoms with Crippen molar-refractivity contribution >= 4 is 12.0 Å². The maximum atomic E-state index is 12.4. The smallest absolute Gasteiger partial charge is 0.320 e. The van der Waals surface area contributed by atoms with E-state index in [1.807, 2.05) is 4.90 Å². The second kappa shape index (κ2) is 5.97. The van der Waals surface area contributed by atoms with E-state index in [2.05, 4.69) is 0 Å². The molecule has 2 aliphatic rings. The Kier molecular flexibility index (Phi) is 4.49. The summed E-state index contributed by atoms with van der Waals surface area (Å²) in [7, 11) is 0. The minimum atomic E-state index is -0.833. The summed E-state index contributed by atoms with van der Waals surface area (Å²) in [6, 6.07) is -0.0417. The van der Waals surface area contributed by atoms with Crippen LogP contribution in [0.1, 0.15) is 19.8 Å². The van der Waals surface area contributed by atoms with Crippen LogP contribution in [0.5, 0.6) is 0 Å². The molecule has 0 aromatic rings. The molecule has 0 radical (unpaired) electrons.